The first kappa shape index (κ1) is 17.9. The highest BCUT2D eigenvalue weighted by atomic mass is 35.5. The number of rotatable bonds is 4. The lowest BCUT2D eigenvalue weighted by Gasteiger charge is -2.14. The molecule has 3 rings (SSSR count). The number of hydrogen-bond acceptors (Lipinski definition) is 5. The molecule has 9 heteroatoms. The molecule has 0 aromatic carbocycles. The summed E-state index contributed by atoms with van der Waals surface area (Å²) in [6, 6.07) is 5.12. The standard InChI is InChI=1S/C17H13ClF2N4O2/c1-9-3-12(26-8-14-13(20)4-11(19)7-21-14)5-17(25)24(9)15-6-16(18)23-22-10(15)2/h3-7H,8H2,1-2H3. The molecule has 0 spiro atoms. The van der Waals surface area contributed by atoms with Crippen molar-refractivity contribution >= 4 is 11.6 Å². The van der Waals surface area contributed by atoms with Gasteiger partial charge in [0.2, 0.25) is 0 Å². The monoisotopic (exact) mass is 378 g/mol. The van der Waals surface area contributed by atoms with Crippen molar-refractivity contribution in [3.63, 3.8) is 0 Å². The molecule has 0 saturated carbocycles. The van der Waals surface area contributed by atoms with Crippen molar-refractivity contribution in [3.05, 3.63) is 74.7 Å². The molecule has 3 aromatic rings. The Labute approximate surface area is 152 Å². The zero-order valence-electron chi connectivity index (χ0n) is 13.8. The maximum Gasteiger partial charge on any atom is 0.259 e. The van der Waals surface area contributed by atoms with Crippen molar-refractivity contribution in [2.45, 2.75) is 20.5 Å². The molecule has 0 aliphatic rings. The molecule has 0 aliphatic heterocycles. The first-order chi connectivity index (χ1) is 12.3. The highest BCUT2D eigenvalue weighted by molar-refractivity contribution is 6.29. The van der Waals surface area contributed by atoms with Gasteiger partial charge in [-0.2, -0.15) is 5.10 Å². The van der Waals surface area contributed by atoms with Crippen LogP contribution in [0.25, 0.3) is 5.69 Å². The van der Waals surface area contributed by atoms with Crippen LogP contribution in [0.1, 0.15) is 17.1 Å². The maximum absolute atomic E-state index is 13.6. The Balaban J connectivity index is 1.90. The number of halogens is 3. The molecule has 0 fully saturated rings. The summed E-state index contributed by atoms with van der Waals surface area (Å²) in [5, 5.41) is 7.79. The van der Waals surface area contributed by atoms with Crippen molar-refractivity contribution in [1.29, 1.82) is 0 Å². The van der Waals surface area contributed by atoms with E-state index < -0.39 is 11.6 Å². The van der Waals surface area contributed by atoms with E-state index in [1.54, 1.807) is 19.9 Å². The summed E-state index contributed by atoms with van der Waals surface area (Å²) in [6.45, 7) is 3.17. The Morgan fingerprint density at radius 1 is 1.15 bits per heavy atom. The van der Waals surface area contributed by atoms with Gasteiger partial charge in [-0.05, 0) is 13.8 Å². The van der Waals surface area contributed by atoms with E-state index in [0.29, 0.717) is 17.1 Å². The van der Waals surface area contributed by atoms with Crippen LogP contribution in [-0.4, -0.2) is 19.7 Å². The van der Waals surface area contributed by atoms with Gasteiger partial charge in [0.25, 0.3) is 5.56 Å². The molecule has 6 nitrogen and oxygen atoms in total. The van der Waals surface area contributed by atoms with Gasteiger partial charge in [-0.25, -0.2) is 8.78 Å². The highest BCUT2D eigenvalue weighted by Crippen LogP contribution is 2.19. The van der Waals surface area contributed by atoms with Gasteiger partial charge in [-0.15, -0.1) is 5.10 Å². The Bertz CT molecular complexity index is 1040. The number of hydrogen-bond donors (Lipinski definition) is 0. The smallest absolute Gasteiger partial charge is 0.259 e. The van der Waals surface area contributed by atoms with Crippen molar-refractivity contribution < 1.29 is 13.5 Å². The average Bonchev–Trinajstić information content (AvgIpc) is 2.56. The molecule has 26 heavy (non-hydrogen) atoms. The van der Waals surface area contributed by atoms with E-state index in [0.717, 1.165) is 12.3 Å². The molecular formula is C17H13ClF2N4O2. The van der Waals surface area contributed by atoms with Crippen LogP contribution < -0.4 is 10.3 Å². The first-order valence-electron chi connectivity index (χ1n) is 7.52. The largest absolute Gasteiger partial charge is 0.487 e. The summed E-state index contributed by atoms with van der Waals surface area (Å²) >= 11 is 5.86. The Hall–Kier alpha value is -2.87. The van der Waals surface area contributed by atoms with Gasteiger partial charge >= 0.3 is 0 Å². The average molecular weight is 379 g/mol. The summed E-state index contributed by atoms with van der Waals surface area (Å²) in [6.07, 6.45) is 0.897. The minimum Gasteiger partial charge on any atom is -0.487 e. The fourth-order valence-electron chi connectivity index (χ4n) is 2.41. The van der Waals surface area contributed by atoms with E-state index in [1.807, 2.05) is 0 Å². The number of nitrogens with zero attached hydrogens (tertiary/aromatic N) is 4. The van der Waals surface area contributed by atoms with Crippen LogP contribution in [-0.2, 0) is 6.61 Å². The van der Waals surface area contributed by atoms with Gasteiger partial charge in [-0.3, -0.25) is 14.3 Å². The van der Waals surface area contributed by atoms with E-state index >= 15 is 0 Å². The number of aromatic nitrogens is 4. The van der Waals surface area contributed by atoms with Crippen LogP contribution in [0.3, 0.4) is 0 Å². The van der Waals surface area contributed by atoms with E-state index in [-0.39, 0.29) is 28.8 Å². The van der Waals surface area contributed by atoms with Crippen molar-refractivity contribution in [2.75, 3.05) is 0 Å². The van der Waals surface area contributed by atoms with Crippen LogP contribution >= 0.6 is 11.6 Å². The second-order valence-electron chi connectivity index (χ2n) is 5.51. The molecule has 0 N–H and O–H groups in total. The highest BCUT2D eigenvalue weighted by Gasteiger charge is 2.12. The van der Waals surface area contributed by atoms with E-state index in [1.165, 1.54) is 16.7 Å². The minimum atomic E-state index is -0.816. The summed E-state index contributed by atoms with van der Waals surface area (Å²) < 4.78 is 33.3. The minimum absolute atomic E-state index is 0.0609. The summed E-state index contributed by atoms with van der Waals surface area (Å²) in [5.74, 6) is -1.35. The number of aryl methyl sites for hydroxylation is 2. The molecule has 134 valence electrons. The van der Waals surface area contributed by atoms with Gasteiger partial charge < -0.3 is 4.74 Å². The lowest BCUT2D eigenvalue weighted by atomic mass is 10.2. The lowest BCUT2D eigenvalue weighted by Crippen LogP contribution is -2.21. The molecule has 0 unspecified atom stereocenters. The number of pyridine rings is 2. The van der Waals surface area contributed by atoms with Crippen molar-refractivity contribution in [2.24, 2.45) is 0 Å². The van der Waals surface area contributed by atoms with Gasteiger partial charge in [0.15, 0.2) is 11.0 Å². The van der Waals surface area contributed by atoms with Gasteiger partial charge in [0.05, 0.1) is 17.6 Å². The molecule has 0 atom stereocenters. The zero-order valence-corrected chi connectivity index (χ0v) is 14.6. The second-order valence-corrected chi connectivity index (χ2v) is 5.90. The fourth-order valence-corrected chi connectivity index (χ4v) is 2.55. The second kappa shape index (κ2) is 7.17. The summed E-state index contributed by atoms with van der Waals surface area (Å²) in [5.41, 5.74) is 1.16. The van der Waals surface area contributed by atoms with E-state index in [2.05, 4.69) is 15.2 Å². The molecule has 0 bridgehead atoms. The predicted molar refractivity (Wildman–Crippen MR) is 90.6 cm³/mol. The van der Waals surface area contributed by atoms with Crippen LogP contribution in [0.4, 0.5) is 8.78 Å². The van der Waals surface area contributed by atoms with Gasteiger partial charge in [-0.1, -0.05) is 11.6 Å². The molecule has 3 heterocycles. The topological polar surface area (TPSA) is 69.9 Å². The molecular weight excluding hydrogens is 366 g/mol. The fraction of sp³-hybridized carbons (Fsp3) is 0.176. The van der Waals surface area contributed by atoms with Crippen molar-refractivity contribution in [3.8, 4) is 11.4 Å². The first-order valence-corrected chi connectivity index (χ1v) is 7.89. The summed E-state index contributed by atoms with van der Waals surface area (Å²) in [4.78, 5) is 16.1. The molecule has 0 saturated heterocycles. The van der Waals surface area contributed by atoms with Crippen molar-refractivity contribution in [1.82, 2.24) is 19.7 Å². The van der Waals surface area contributed by atoms with Crippen LogP contribution in [0.15, 0.2) is 35.3 Å². The summed E-state index contributed by atoms with van der Waals surface area (Å²) in [7, 11) is 0. The predicted octanol–water partition coefficient (Wildman–Crippen LogP) is 3.15. The van der Waals surface area contributed by atoms with Gasteiger partial charge in [0.1, 0.15) is 23.9 Å². The molecule has 0 aliphatic carbocycles. The Kier molecular flexibility index (Phi) is 4.94. The molecule has 0 amide bonds. The van der Waals surface area contributed by atoms with Gasteiger partial charge in [0, 0.05) is 30.0 Å². The van der Waals surface area contributed by atoms with E-state index in [9.17, 15) is 13.6 Å². The molecule has 0 radical (unpaired) electrons. The van der Waals surface area contributed by atoms with Crippen LogP contribution in [0, 0.1) is 25.5 Å². The quantitative estimate of drug-likeness (QED) is 0.697. The Morgan fingerprint density at radius 2 is 1.92 bits per heavy atom. The molecule has 3 aromatic heterocycles. The normalized spacial score (nSPS) is 10.8. The van der Waals surface area contributed by atoms with Crippen LogP contribution in [0.5, 0.6) is 5.75 Å². The Morgan fingerprint density at radius 3 is 2.62 bits per heavy atom. The van der Waals surface area contributed by atoms with Crippen LogP contribution in [0.2, 0.25) is 5.15 Å². The third-order valence-electron chi connectivity index (χ3n) is 3.61. The third-order valence-corrected chi connectivity index (χ3v) is 3.80. The SMILES string of the molecule is Cc1nnc(Cl)cc1-n1c(C)cc(OCc2ncc(F)cc2F)cc1=O. The zero-order chi connectivity index (χ0) is 18.8. The van der Waals surface area contributed by atoms with E-state index in [4.69, 9.17) is 16.3 Å². The number of ether oxygens (including phenoxy) is 1. The third kappa shape index (κ3) is 3.70. The lowest BCUT2D eigenvalue weighted by molar-refractivity contribution is 0.292. The maximum atomic E-state index is 13.6.